The number of fused-ring (bicyclic) bond motifs is 3. The van der Waals surface area contributed by atoms with Gasteiger partial charge in [-0.1, -0.05) is 42.5 Å². The van der Waals surface area contributed by atoms with Crippen LogP contribution in [-0.4, -0.2) is 10.2 Å². The van der Waals surface area contributed by atoms with Crippen LogP contribution in [0.25, 0.3) is 15.0 Å². The molecule has 4 rings (SSSR count). The number of carbonyl (C=O) groups excluding carboxylic acids is 1. The molecule has 0 saturated carbocycles. The van der Waals surface area contributed by atoms with Crippen LogP contribution in [0, 0.1) is 6.92 Å². The van der Waals surface area contributed by atoms with Gasteiger partial charge in [0.25, 0.3) is 0 Å². The van der Waals surface area contributed by atoms with Crippen molar-refractivity contribution in [3.8, 4) is 0 Å². The predicted octanol–water partition coefficient (Wildman–Crippen LogP) is 5.27. The maximum Gasteiger partial charge on any atom is 0.214 e. The van der Waals surface area contributed by atoms with Gasteiger partial charge in [-0.25, -0.2) is 0 Å². The second-order valence-corrected chi connectivity index (χ2v) is 7.28. The van der Waals surface area contributed by atoms with Crippen LogP contribution < -0.4 is 0 Å². The highest BCUT2D eigenvalue weighted by atomic mass is 32.1. The number of hydrogen-bond donors (Lipinski definition) is 0. The van der Waals surface area contributed by atoms with Crippen LogP contribution in [0.15, 0.2) is 54.6 Å². The minimum absolute atomic E-state index is 0.115. The fourth-order valence-corrected chi connectivity index (χ4v) is 5.00. The first-order valence-corrected chi connectivity index (χ1v) is 8.43. The van der Waals surface area contributed by atoms with E-state index < -0.39 is 0 Å². The SMILES string of the molecule is Cc1pc(C(=O)c2ccccc2)n2c1sc1ccccc12. The molecule has 0 radical (unpaired) electrons. The third kappa shape index (κ3) is 1.93. The summed E-state index contributed by atoms with van der Waals surface area (Å²) in [5.74, 6) is 0.115. The summed E-state index contributed by atoms with van der Waals surface area (Å²) in [6.07, 6.45) is 0. The molecule has 0 amide bonds. The summed E-state index contributed by atoms with van der Waals surface area (Å²) < 4.78 is 3.35. The monoisotopic (exact) mass is 309 g/mol. The third-order valence-corrected chi connectivity index (χ3v) is 6.11. The van der Waals surface area contributed by atoms with Crippen LogP contribution in [0.1, 0.15) is 21.1 Å². The Morgan fingerprint density at radius 2 is 1.76 bits per heavy atom. The highest BCUT2D eigenvalue weighted by Gasteiger charge is 2.19. The number of aryl methyl sites for hydroxylation is 1. The summed E-state index contributed by atoms with van der Waals surface area (Å²) >= 11 is 1.76. The van der Waals surface area contributed by atoms with E-state index in [2.05, 4.69) is 23.5 Å². The molecule has 4 aromatic rings. The van der Waals surface area contributed by atoms with Crippen molar-refractivity contribution in [2.75, 3.05) is 0 Å². The molecule has 0 unspecified atom stereocenters. The molecule has 2 aromatic heterocycles. The first kappa shape index (κ1) is 12.8. The first-order valence-electron chi connectivity index (χ1n) is 6.72. The molecule has 2 heterocycles. The normalized spacial score (nSPS) is 11.7. The lowest BCUT2D eigenvalue weighted by molar-refractivity contribution is 0.103. The zero-order valence-electron chi connectivity index (χ0n) is 11.4. The molecule has 0 aliphatic rings. The zero-order chi connectivity index (χ0) is 14.4. The van der Waals surface area contributed by atoms with E-state index in [1.54, 1.807) is 11.3 Å². The van der Waals surface area contributed by atoms with Crippen LogP contribution in [-0.2, 0) is 0 Å². The second-order valence-electron chi connectivity index (χ2n) is 4.93. The van der Waals surface area contributed by atoms with Crippen LogP contribution in [0.3, 0.4) is 0 Å². The van der Waals surface area contributed by atoms with Crippen molar-refractivity contribution in [2.45, 2.75) is 6.92 Å². The average molecular weight is 309 g/mol. The van der Waals surface area contributed by atoms with E-state index in [0.717, 1.165) is 24.7 Å². The molecule has 21 heavy (non-hydrogen) atoms. The number of hydrogen-bond acceptors (Lipinski definition) is 2. The van der Waals surface area contributed by atoms with Gasteiger partial charge < -0.3 is 0 Å². The van der Waals surface area contributed by atoms with E-state index >= 15 is 0 Å². The van der Waals surface area contributed by atoms with Gasteiger partial charge in [0.15, 0.2) is 0 Å². The van der Waals surface area contributed by atoms with E-state index in [4.69, 9.17) is 0 Å². The molecule has 0 bridgehead atoms. The molecule has 0 aliphatic carbocycles. The molecule has 2 nitrogen and oxygen atoms in total. The maximum atomic E-state index is 12.8. The highest BCUT2D eigenvalue weighted by Crippen LogP contribution is 2.37. The fourth-order valence-electron chi connectivity index (χ4n) is 2.56. The number of rotatable bonds is 2. The van der Waals surface area contributed by atoms with E-state index in [9.17, 15) is 4.79 Å². The van der Waals surface area contributed by atoms with Crippen LogP contribution in [0.2, 0.25) is 0 Å². The maximum absolute atomic E-state index is 12.8. The molecule has 0 aliphatic heterocycles. The van der Waals surface area contributed by atoms with Gasteiger partial charge in [0.1, 0.15) is 10.3 Å². The van der Waals surface area contributed by atoms with Crippen LogP contribution >= 0.6 is 19.5 Å². The zero-order valence-corrected chi connectivity index (χ0v) is 13.1. The number of para-hydroxylation sites is 1. The van der Waals surface area contributed by atoms with E-state index in [1.807, 2.05) is 42.5 Å². The standard InChI is InChI=1S/C17H12NOPS/c1-11-17-18(13-9-5-6-10-14(13)21-17)16(20-11)15(19)12-7-3-2-4-8-12/h2-10H,1H3. The first-order chi connectivity index (χ1) is 10.3. The van der Waals surface area contributed by atoms with Gasteiger partial charge in [-0.3, -0.25) is 9.20 Å². The number of carbonyl (C=O) groups is 1. The molecule has 0 N–H and O–H groups in total. The lowest BCUT2D eigenvalue weighted by Crippen LogP contribution is -2.02. The lowest BCUT2D eigenvalue weighted by Gasteiger charge is -2.00. The van der Waals surface area contributed by atoms with Crippen molar-refractivity contribution in [1.82, 2.24) is 4.40 Å². The molecular weight excluding hydrogens is 297 g/mol. The van der Waals surface area contributed by atoms with Crippen molar-refractivity contribution < 1.29 is 4.79 Å². The van der Waals surface area contributed by atoms with Crippen LogP contribution in [0.5, 0.6) is 0 Å². The molecule has 4 heteroatoms. The molecular formula is C17H12NOPS. The van der Waals surface area contributed by atoms with Crippen LogP contribution in [0.4, 0.5) is 0 Å². The molecule has 2 aromatic carbocycles. The van der Waals surface area contributed by atoms with Gasteiger partial charge >= 0.3 is 0 Å². The van der Waals surface area contributed by atoms with Gasteiger partial charge in [0.2, 0.25) is 5.78 Å². The van der Waals surface area contributed by atoms with Gasteiger partial charge in [-0.2, -0.15) is 0 Å². The number of thiazole rings is 1. The van der Waals surface area contributed by atoms with Gasteiger partial charge in [-0.05, 0) is 27.2 Å². The summed E-state index contributed by atoms with van der Waals surface area (Å²) in [5, 5.41) is 1.25. The Bertz CT molecular complexity index is 968. The lowest BCUT2D eigenvalue weighted by atomic mass is 10.1. The number of nitrogens with zero attached hydrogens (tertiary/aromatic N) is 1. The van der Waals surface area contributed by atoms with E-state index in [0.29, 0.717) is 0 Å². The topological polar surface area (TPSA) is 21.5 Å². The Labute approximate surface area is 127 Å². The van der Waals surface area contributed by atoms with Gasteiger partial charge in [0, 0.05) is 10.9 Å². The summed E-state index contributed by atoms with van der Waals surface area (Å²) in [6, 6.07) is 17.8. The fraction of sp³-hybridized carbons (Fsp3) is 0.0588. The highest BCUT2D eigenvalue weighted by molar-refractivity contribution is 7.36. The van der Waals surface area contributed by atoms with E-state index in [-0.39, 0.29) is 5.78 Å². The van der Waals surface area contributed by atoms with E-state index in [1.165, 1.54) is 14.8 Å². The second kappa shape index (κ2) is 4.80. The third-order valence-electron chi connectivity index (χ3n) is 3.55. The Morgan fingerprint density at radius 1 is 1.05 bits per heavy atom. The predicted molar refractivity (Wildman–Crippen MR) is 89.9 cm³/mol. The Morgan fingerprint density at radius 3 is 2.57 bits per heavy atom. The molecule has 0 saturated heterocycles. The molecule has 0 fully saturated rings. The van der Waals surface area contributed by atoms with Crippen molar-refractivity contribution in [1.29, 1.82) is 0 Å². The van der Waals surface area contributed by atoms with Crippen molar-refractivity contribution >= 4 is 40.4 Å². The smallest absolute Gasteiger partial charge is 0.214 e. The largest absolute Gasteiger partial charge is 0.292 e. The number of ketones is 1. The average Bonchev–Trinajstić information content (AvgIpc) is 3.06. The Balaban J connectivity index is 2.03. The minimum atomic E-state index is 0.115. The van der Waals surface area contributed by atoms with Crippen molar-refractivity contribution in [3.63, 3.8) is 0 Å². The van der Waals surface area contributed by atoms with Crippen molar-refractivity contribution in [2.24, 2.45) is 0 Å². The summed E-state index contributed by atoms with van der Waals surface area (Å²) in [4.78, 5) is 14.0. The molecule has 102 valence electrons. The molecule has 0 atom stereocenters. The summed E-state index contributed by atoms with van der Waals surface area (Å²) in [6.45, 7) is 2.11. The number of benzene rings is 2. The quantitative estimate of drug-likeness (QED) is 0.462. The minimum Gasteiger partial charge on any atom is -0.292 e. The Hall–Kier alpha value is -1.96. The summed E-state index contributed by atoms with van der Waals surface area (Å²) in [5.41, 5.74) is 2.72. The van der Waals surface area contributed by atoms with Crippen molar-refractivity contribution in [3.05, 3.63) is 70.9 Å². The summed E-state index contributed by atoms with van der Waals surface area (Å²) in [7, 11) is 1.02. The molecule has 0 spiro atoms. The van der Waals surface area contributed by atoms with Gasteiger partial charge in [0.05, 0.1) is 10.2 Å². The number of aromatic nitrogens is 1. The van der Waals surface area contributed by atoms with Gasteiger partial charge in [-0.15, -0.1) is 11.3 Å². The Kier molecular flexibility index (Phi) is 2.91.